The zero-order chi connectivity index (χ0) is 12.1. The maximum Gasteiger partial charge on any atom is 0.115 e. The summed E-state index contributed by atoms with van der Waals surface area (Å²) >= 11 is 3.41. The first-order chi connectivity index (χ1) is 7.50. The average Bonchev–Trinajstić information content (AvgIpc) is 2.22. The number of aliphatic hydroxyl groups excluding tert-OH is 1. The SMILES string of the molecule is CC(C)C(O)CNCc1cc(O)ccc1Br. The number of phenolic OH excluding ortho intramolecular Hbond substituents is 1. The number of aromatic hydroxyl groups is 1. The van der Waals surface area contributed by atoms with Crippen molar-refractivity contribution in [1.29, 1.82) is 0 Å². The van der Waals surface area contributed by atoms with Crippen LogP contribution in [0.2, 0.25) is 0 Å². The van der Waals surface area contributed by atoms with E-state index in [0.717, 1.165) is 10.0 Å². The van der Waals surface area contributed by atoms with Gasteiger partial charge in [0.1, 0.15) is 5.75 Å². The summed E-state index contributed by atoms with van der Waals surface area (Å²) in [5.74, 6) is 0.504. The van der Waals surface area contributed by atoms with Crippen LogP contribution >= 0.6 is 15.9 Å². The Morgan fingerprint density at radius 2 is 2.06 bits per heavy atom. The van der Waals surface area contributed by atoms with Crippen molar-refractivity contribution in [3.63, 3.8) is 0 Å². The Balaban J connectivity index is 2.45. The van der Waals surface area contributed by atoms with Crippen molar-refractivity contribution in [2.75, 3.05) is 6.54 Å². The third-order valence-electron chi connectivity index (χ3n) is 2.47. The third-order valence-corrected chi connectivity index (χ3v) is 3.24. The van der Waals surface area contributed by atoms with E-state index < -0.39 is 0 Å². The molecular formula is C12H18BrNO2. The van der Waals surface area contributed by atoms with E-state index in [-0.39, 0.29) is 17.8 Å². The summed E-state index contributed by atoms with van der Waals surface area (Å²) in [5.41, 5.74) is 0.982. The number of hydrogen-bond donors (Lipinski definition) is 3. The molecule has 1 rings (SSSR count). The van der Waals surface area contributed by atoms with E-state index in [2.05, 4.69) is 21.2 Å². The predicted molar refractivity (Wildman–Crippen MR) is 68.4 cm³/mol. The molecule has 90 valence electrons. The summed E-state index contributed by atoms with van der Waals surface area (Å²) in [6.45, 7) is 5.14. The molecule has 1 atom stereocenters. The molecule has 0 saturated heterocycles. The van der Waals surface area contributed by atoms with Crippen LogP contribution in [0.25, 0.3) is 0 Å². The van der Waals surface area contributed by atoms with E-state index >= 15 is 0 Å². The van der Waals surface area contributed by atoms with E-state index in [4.69, 9.17) is 0 Å². The molecule has 0 radical (unpaired) electrons. The summed E-state index contributed by atoms with van der Waals surface area (Å²) in [7, 11) is 0. The Kier molecular flexibility index (Phi) is 5.25. The van der Waals surface area contributed by atoms with E-state index in [1.165, 1.54) is 0 Å². The molecule has 0 aliphatic heterocycles. The molecule has 0 amide bonds. The number of rotatable bonds is 5. The predicted octanol–water partition coefficient (Wildman–Crippen LogP) is 2.26. The smallest absolute Gasteiger partial charge is 0.115 e. The quantitative estimate of drug-likeness (QED) is 0.779. The van der Waals surface area contributed by atoms with E-state index in [1.807, 2.05) is 19.9 Å². The second-order valence-electron chi connectivity index (χ2n) is 4.22. The molecule has 16 heavy (non-hydrogen) atoms. The minimum absolute atomic E-state index is 0.250. The third kappa shape index (κ3) is 4.12. The number of phenols is 1. The van der Waals surface area contributed by atoms with E-state index in [1.54, 1.807) is 12.1 Å². The summed E-state index contributed by atoms with van der Waals surface area (Å²) in [6, 6.07) is 5.15. The fraction of sp³-hybridized carbons (Fsp3) is 0.500. The summed E-state index contributed by atoms with van der Waals surface area (Å²) in [4.78, 5) is 0. The summed E-state index contributed by atoms with van der Waals surface area (Å²) < 4.78 is 0.955. The molecule has 3 nitrogen and oxygen atoms in total. The maximum atomic E-state index is 9.60. The van der Waals surface area contributed by atoms with Gasteiger partial charge < -0.3 is 15.5 Å². The highest BCUT2D eigenvalue weighted by Gasteiger charge is 2.08. The molecular weight excluding hydrogens is 270 g/mol. The Labute approximate surface area is 105 Å². The van der Waals surface area contributed by atoms with Crippen molar-refractivity contribution >= 4 is 15.9 Å². The van der Waals surface area contributed by atoms with Crippen LogP contribution in [0.3, 0.4) is 0 Å². The number of halogens is 1. The van der Waals surface area contributed by atoms with Crippen molar-refractivity contribution in [1.82, 2.24) is 5.32 Å². The molecule has 0 heterocycles. The molecule has 1 aromatic rings. The first-order valence-corrected chi connectivity index (χ1v) is 6.16. The van der Waals surface area contributed by atoms with Crippen molar-refractivity contribution in [2.24, 2.45) is 5.92 Å². The molecule has 3 N–H and O–H groups in total. The normalized spacial score (nSPS) is 13.1. The minimum atomic E-state index is -0.337. The van der Waals surface area contributed by atoms with Crippen LogP contribution in [0, 0.1) is 5.92 Å². The van der Waals surface area contributed by atoms with Crippen LogP contribution in [0.15, 0.2) is 22.7 Å². The van der Waals surface area contributed by atoms with Crippen molar-refractivity contribution in [3.8, 4) is 5.75 Å². The second kappa shape index (κ2) is 6.23. The number of benzene rings is 1. The second-order valence-corrected chi connectivity index (χ2v) is 5.07. The molecule has 0 fully saturated rings. The van der Waals surface area contributed by atoms with Crippen molar-refractivity contribution < 1.29 is 10.2 Å². The molecule has 0 aliphatic rings. The molecule has 0 aliphatic carbocycles. The molecule has 0 spiro atoms. The van der Waals surface area contributed by atoms with Crippen molar-refractivity contribution in [2.45, 2.75) is 26.5 Å². The Morgan fingerprint density at radius 3 is 2.69 bits per heavy atom. The Hall–Kier alpha value is -0.580. The first kappa shape index (κ1) is 13.5. The van der Waals surface area contributed by atoms with Gasteiger partial charge >= 0.3 is 0 Å². The van der Waals surface area contributed by atoms with Crippen LogP contribution in [0.5, 0.6) is 5.75 Å². The Morgan fingerprint density at radius 1 is 1.38 bits per heavy atom. The maximum absolute atomic E-state index is 9.60. The van der Waals surface area contributed by atoms with E-state index in [9.17, 15) is 10.2 Å². The van der Waals surface area contributed by atoms with Gasteiger partial charge in [0, 0.05) is 17.6 Å². The van der Waals surface area contributed by atoms with Gasteiger partial charge in [0.2, 0.25) is 0 Å². The van der Waals surface area contributed by atoms with Crippen LogP contribution in [-0.4, -0.2) is 22.9 Å². The highest BCUT2D eigenvalue weighted by Crippen LogP contribution is 2.21. The van der Waals surface area contributed by atoms with Crippen molar-refractivity contribution in [3.05, 3.63) is 28.2 Å². The fourth-order valence-corrected chi connectivity index (χ4v) is 1.67. The monoisotopic (exact) mass is 287 g/mol. The van der Waals surface area contributed by atoms with Gasteiger partial charge in [-0.2, -0.15) is 0 Å². The molecule has 1 unspecified atom stereocenters. The lowest BCUT2D eigenvalue weighted by Crippen LogP contribution is -2.30. The summed E-state index contributed by atoms with van der Waals surface area (Å²) in [6.07, 6.45) is -0.337. The van der Waals surface area contributed by atoms with Crippen LogP contribution < -0.4 is 5.32 Å². The van der Waals surface area contributed by atoms with Crippen LogP contribution in [0.4, 0.5) is 0 Å². The average molecular weight is 288 g/mol. The van der Waals surface area contributed by atoms with Gasteiger partial charge in [0.15, 0.2) is 0 Å². The van der Waals surface area contributed by atoms with Gasteiger partial charge in [-0.15, -0.1) is 0 Å². The van der Waals surface area contributed by atoms with Crippen LogP contribution in [-0.2, 0) is 6.54 Å². The lowest BCUT2D eigenvalue weighted by Gasteiger charge is -2.15. The number of nitrogens with one attached hydrogen (secondary N) is 1. The highest BCUT2D eigenvalue weighted by atomic mass is 79.9. The first-order valence-electron chi connectivity index (χ1n) is 5.37. The standard InChI is InChI=1S/C12H18BrNO2/c1-8(2)12(16)7-14-6-9-5-10(15)3-4-11(9)13/h3-5,8,12,14-16H,6-7H2,1-2H3. The van der Waals surface area contributed by atoms with Gasteiger partial charge in [0.25, 0.3) is 0 Å². The minimum Gasteiger partial charge on any atom is -0.508 e. The molecule has 1 aromatic carbocycles. The topological polar surface area (TPSA) is 52.5 Å². The summed E-state index contributed by atoms with van der Waals surface area (Å²) in [5, 5.41) is 22.1. The van der Waals surface area contributed by atoms with Gasteiger partial charge in [-0.25, -0.2) is 0 Å². The van der Waals surface area contributed by atoms with Crippen LogP contribution in [0.1, 0.15) is 19.4 Å². The molecule has 4 heteroatoms. The Bertz CT molecular complexity index is 342. The van der Waals surface area contributed by atoms with Gasteiger partial charge in [-0.05, 0) is 29.7 Å². The fourth-order valence-electron chi connectivity index (χ4n) is 1.29. The largest absolute Gasteiger partial charge is 0.508 e. The number of aliphatic hydroxyl groups is 1. The zero-order valence-corrected chi connectivity index (χ0v) is 11.2. The highest BCUT2D eigenvalue weighted by molar-refractivity contribution is 9.10. The van der Waals surface area contributed by atoms with E-state index in [0.29, 0.717) is 13.1 Å². The lowest BCUT2D eigenvalue weighted by molar-refractivity contribution is 0.123. The van der Waals surface area contributed by atoms with Gasteiger partial charge in [-0.1, -0.05) is 29.8 Å². The molecule has 0 saturated carbocycles. The molecule has 0 aromatic heterocycles. The lowest BCUT2D eigenvalue weighted by atomic mass is 10.1. The number of hydrogen-bond acceptors (Lipinski definition) is 3. The zero-order valence-electron chi connectivity index (χ0n) is 9.57. The van der Waals surface area contributed by atoms with Gasteiger partial charge in [0.05, 0.1) is 6.10 Å². The van der Waals surface area contributed by atoms with Gasteiger partial charge in [-0.3, -0.25) is 0 Å². The molecule has 0 bridgehead atoms.